The average Bonchev–Trinajstić information content (AvgIpc) is 2.96. The topological polar surface area (TPSA) is 54.2 Å². The number of pyridine rings is 1. The fraction of sp³-hybridized carbons (Fsp3) is 0.471. The largest absolute Gasteiger partial charge is 0.397 e. The lowest BCUT2D eigenvalue weighted by Crippen LogP contribution is -2.42. The molecule has 2 saturated heterocycles. The Morgan fingerprint density at radius 2 is 2.14 bits per heavy atom. The first-order chi connectivity index (χ1) is 10.3. The molecule has 2 aromatic rings. The first-order valence-corrected chi connectivity index (χ1v) is 7.95. The maximum absolute atomic E-state index is 6.03. The molecule has 110 valence electrons. The van der Waals surface area contributed by atoms with Crippen molar-refractivity contribution in [3.8, 4) is 0 Å². The lowest BCUT2D eigenvalue weighted by molar-refractivity contribution is 0.188. The Labute approximate surface area is 125 Å². The highest BCUT2D eigenvalue weighted by molar-refractivity contribution is 5.97. The highest BCUT2D eigenvalue weighted by atomic mass is 15.2. The van der Waals surface area contributed by atoms with Gasteiger partial charge in [0.15, 0.2) is 0 Å². The summed E-state index contributed by atoms with van der Waals surface area (Å²) in [4.78, 5) is 7.07. The standard InChI is InChI=1S/C17H22N4/c18-15-5-1-4-14-16(6-8-19-17(14)15)20-12-7-10-21-9-2-3-13(21)11-12/h1,4-6,8,12-13H,2-3,7,9-11,18H2,(H,19,20). The molecule has 1 aromatic carbocycles. The van der Waals surface area contributed by atoms with Gasteiger partial charge in [-0.05, 0) is 44.4 Å². The lowest BCUT2D eigenvalue weighted by Gasteiger charge is -2.35. The van der Waals surface area contributed by atoms with Crippen LogP contribution in [0.1, 0.15) is 25.7 Å². The average molecular weight is 282 g/mol. The SMILES string of the molecule is Nc1cccc2c(NC3CCN4CCCC4C3)ccnc12. The van der Waals surface area contributed by atoms with Gasteiger partial charge in [-0.2, -0.15) is 0 Å². The van der Waals surface area contributed by atoms with Crippen LogP contribution >= 0.6 is 0 Å². The number of fused-ring (bicyclic) bond motifs is 2. The number of nitrogen functional groups attached to an aromatic ring is 1. The van der Waals surface area contributed by atoms with E-state index in [1.807, 2.05) is 18.3 Å². The second-order valence-electron chi connectivity index (χ2n) is 6.30. The fourth-order valence-electron chi connectivity index (χ4n) is 3.90. The summed E-state index contributed by atoms with van der Waals surface area (Å²) in [5.74, 6) is 0. The summed E-state index contributed by atoms with van der Waals surface area (Å²) >= 11 is 0. The predicted molar refractivity (Wildman–Crippen MR) is 87.4 cm³/mol. The van der Waals surface area contributed by atoms with Crippen LogP contribution in [0.3, 0.4) is 0 Å². The van der Waals surface area contributed by atoms with Crippen LogP contribution in [-0.4, -0.2) is 35.1 Å². The van der Waals surface area contributed by atoms with E-state index >= 15 is 0 Å². The summed E-state index contributed by atoms with van der Waals surface area (Å²) in [6.45, 7) is 2.53. The van der Waals surface area contributed by atoms with Crippen LogP contribution in [0.2, 0.25) is 0 Å². The third kappa shape index (κ3) is 2.33. The van der Waals surface area contributed by atoms with Crippen molar-refractivity contribution in [2.45, 2.75) is 37.8 Å². The quantitative estimate of drug-likeness (QED) is 0.832. The van der Waals surface area contributed by atoms with Gasteiger partial charge in [-0.1, -0.05) is 12.1 Å². The van der Waals surface area contributed by atoms with E-state index in [1.165, 1.54) is 44.5 Å². The van der Waals surface area contributed by atoms with Gasteiger partial charge in [0.1, 0.15) is 0 Å². The van der Waals surface area contributed by atoms with Crippen LogP contribution < -0.4 is 11.1 Å². The molecular formula is C17H22N4. The number of hydrogen-bond donors (Lipinski definition) is 2. The molecule has 4 heteroatoms. The van der Waals surface area contributed by atoms with Crippen LogP contribution in [0, 0.1) is 0 Å². The van der Waals surface area contributed by atoms with Gasteiger partial charge in [0.25, 0.3) is 0 Å². The summed E-state index contributed by atoms with van der Waals surface area (Å²) in [5, 5.41) is 4.87. The molecule has 3 N–H and O–H groups in total. The Kier molecular flexibility index (Phi) is 3.19. The molecule has 2 fully saturated rings. The monoisotopic (exact) mass is 282 g/mol. The maximum Gasteiger partial charge on any atom is 0.0951 e. The zero-order chi connectivity index (χ0) is 14.2. The highest BCUT2D eigenvalue weighted by Crippen LogP contribution is 2.31. The number of para-hydroxylation sites is 1. The van der Waals surface area contributed by atoms with Gasteiger partial charge in [0.2, 0.25) is 0 Å². The van der Waals surface area contributed by atoms with Crippen molar-refractivity contribution in [2.24, 2.45) is 0 Å². The van der Waals surface area contributed by atoms with Crippen molar-refractivity contribution in [2.75, 3.05) is 24.1 Å². The highest BCUT2D eigenvalue weighted by Gasteiger charge is 2.31. The van der Waals surface area contributed by atoms with E-state index in [2.05, 4.69) is 27.3 Å². The molecule has 4 nitrogen and oxygen atoms in total. The van der Waals surface area contributed by atoms with Gasteiger partial charge in [-0.15, -0.1) is 0 Å². The molecule has 2 unspecified atom stereocenters. The minimum absolute atomic E-state index is 0.566. The molecular weight excluding hydrogens is 260 g/mol. The van der Waals surface area contributed by atoms with Crippen molar-refractivity contribution in [3.05, 3.63) is 30.5 Å². The van der Waals surface area contributed by atoms with E-state index in [-0.39, 0.29) is 0 Å². The first kappa shape index (κ1) is 12.9. The molecule has 2 aliphatic rings. The Balaban J connectivity index is 1.58. The van der Waals surface area contributed by atoms with Crippen LogP contribution in [0.15, 0.2) is 30.5 Å². The van der Waals surface area contributed by atoms with E-state index in [1.54, 1.807) is 0 Å². The number of nitrogens with zero attached hydrogens (tertiary/aromatic N) is 2. The number of rotatable bonds is 2. The van der Waals surface area contributed by atoms with Crippen molar-refractivity contribution < 1.29 is 0 Å². The second kappa shape index (κ2) is 5.19. The Hall–Kier alpha value is -1.81. The molecule has 0 saturated carbocycles. The molecule has 4 rings (SSSR count). The molecule has 0 aliphatic carbocycles. The minimum atomic E-state index is 0.566. The fourth-order valence-corrected chi connectivity index (χ4v) is 3.90. The minimum Gasteiger partial charge on any atom is -0.397 e. The Morgan fingerprint density at radius 1 is 1.19 bits per heavy atom. The summed E-state index contributed by atoms with van der Waals surface area (Å²) in [6, 6.07) is 9.44. The van der Waals surface area contributed by atoms with Crippen LogP contribution in [0.4, 0.5) is 11.4 Å². The third-order valence-corrected chi connectivity index (χ3v) is 4.98. The van der Waals surface area contributed by atoms with E-state index in [0.717, 1.165) is 22.6 Å². The van der Waals surface area contributed by atoms with E-state index in [9.17, 15) is 0 Å². The smallest absolute Gasteiger partial charge is 0.0951 e. The molecule has 21 heavy (non-hydrogen) atoms. The van der Waals surface area contributed by atoms with Gasteiger partial charge in [-0.25, -0.2) is 0 Å². The van der Waals surface area contributed by atoms with Gasteiger partial charge < -0.3 is 16.0 Å². The number of hydrogen-bond acceptors (Lipinski definition) is 4. The summed E-state index contributed by atoms with van der Waals surface area (Å²) < 4.78 is 0. The first-order valence-electron chi connectivity index (χ1n) is 7.95. The predicted octanol–water partition coefficient (Wildman–Crippen LogP) is 2.86. The molecule has 2 aliphatic heterocycles. The lowest BCUT2D eigenvalue weighted by atomic mass is 9.97. The van der Waals surface area contributed by atoms with Crippen LogP contribution in [0.5, 0.6) is 0 Å². The molecule has 1 aromatic heterocycles. The number of benzene rings is 1. The van der Waals surface area contributed by atoms with Gasteiger partial charge in [0.05, 0.1) is 11.2 Å². The normalized spacial score (nSPS) is 25.9. The van der Waals surface area contributed by atoms with Crippen molar-refractivity contribution in [1.82, 2.24) is 9.88 Å². The summed E-state index contributed by atoms with van der Waals surface area (Å²) in [7, 11) is 0. The maximum atomic E-state index is 6.03. The molecule has 2 atom stereocenters. The summed E-state index contributed by atoms with van der Waals surface area (Å²) in [5.41, 5.74) is 8.86. The molecule has 0 amide bonds. The van der Waals surface area contributed by atoms with Gasteiger partial charge in [0, 0.05) is 35.9 Å². The molecule has 0 spiro atoms. The zero-order valence-electron chi connectivity index (χ0n) is 12.3. The Bertz CT molecular complexity index is 654. The van der Waals surface area contributed by atoms with Crippen molar-refractivity contribution >= 4 is 22.3 Å². The number of aromatic nitrogens is 1. The van der Waals surface area contributed by atoms with Crippen molar-refractivity contribution in [1.29, 1.82) is 0 Å². The van der Waals surface area contributed by atoms with Gasteiger partial charge in [-0.3, -0.25) is 4.98 Å². The zero-order valence-corrected chi connectivity index (χ0v) is 12.3. The summed E-state index contributed by atoms with van der Waals surface area (Å²) in [6.07, 6.45) is 7.06. The number of nitrogens with two attached hydrogens (primary N) is 1. The van der Waals surface area contributed by atoms with E-state index in [0.29, 0.717) is 6.04 Å². The number of anilines is 2. The Morgan fingerprint density at radius 3 is 3.10 bits per heavy atom. The van der Waals surface area contributed by atoms with E-state index in [4.69, 9.17) is 5.73 Å². The number of piperidine rings is 1. The molecule has 0 bridgehead atoms. The van der Waals surface area contributed by atoms with E-state index < -0.39 is 0 Å². The van der Waals surface area contributed by atoms with Crippen molar-refractivity contribution in [3.63, 3.8) is 0 Å². The molecule has 0 radical (unpaired) electrons. The van der Waals surface area contributed by atoms with Crippen LogP contribution in [0.25, 0.3) is 10.9 Å². The third-order valence-electron chi connectivity index (χ3n) is 4.98. The van der Waals surface area contributed by atoms with Gasteiger partial charge >= 0.3 is 0 Å². The van der Waals surface area contributed by atoms with Crippen LogP contribution in [-0.2, 0) is 0 Å². The molecule has 3 heterocycles. The second-order valence-corrected chi connectivity index (χ2v) is 6.30. The number of nitrogens with one attached hydrogen (secondary N) is 1.